The Morgan fingerprint density at radius 1 is 1.05 bits per heavy atom. The fourth-order valence-electron chi connectivity index (χ4n) is 3.99. The first-order chi connectivity index (χ1) is 8.73. The number of benzene rings is 1. The smallest absolute Gasteiger partial charge is 0.0443 e. The summed E-state index contributed by atoms with van der Waals surface area (Å²) in [6.07, 6.45) is 4.96. The molecule has 0 aromatic heterocycles. The van der Waals surface area contributed by atoms with Crippen molar-refractivity contribution in [1.82, 2.24) is 0 Å². The van der Waals surface area contributed by atoms with E-state index in [4.69, 9.17) is 5.73 Å². The summed E-state index contributed by atoms with van der Waals surface area (Å²) in [5.74, 6) is 0.565. The van der Waals surface area contributed by atoms with Crippen LogP contribution in [0.4, 0.5) is 0 Å². The van der Waals surface area contributed by atoms with Crippen LogP contribution in [0.2, 0.25) is 0 Å². The molecule has 106 valence electrons. The molecule has 0 bridgehead atoms. The quantitative estimate of drug-likeness (QED) is 0.777. The topological polar surface area (TPSA) is 26.0 Å². The van der Waals surface area contributed by atoms with Gasteiger partial charge in [0.1, 0.15) is 0 Å². The van der Waals surface area contributed by atoms with Crippen molar-refractivity contribution < 1.29 is 0 Å². The number of aryl methyl sites for hydroxylation is 2. The predicted molar refractivity (Wildman–Crippen MR) is 83.2 cm³/mol. The van der Waals surface area contributed by atoms with Crippen molar-refractivity contribution in [3.63, 3.8) is 0 Å². The second-order valence-corrected chi connectivity index (χ2v) is 7.58. The van der Waals surface area contributed by atoms with Gasteiger partial charge in [-0.1, -0.05) is 62.9 Å². The van der Waals surface area contributed by atoms with Crippen LogP contribution >= 0.6 is 0 Å². The molecule has 0 radical (unpaired) electrons. The molecule has 0 aliphatic heterocycles. The Hall–Kier alpha value is -0.820. The Labute approximate surface area is 118 Å². The molecule has 1 saturated carbocycles. The monoisotopic (exact) mass is 259 g/mol. The van der Waals surface area contributed by atoms with E-state index in [-0.39, 0.29) is 11.0 Å². The van der Waals surface area contributed by atoms with E-state index in [1.807, 2.05) is 0 Å². The molecule has 2 N–H and O–H groups in total. The van der Waals surface area contributed by atoms with Crippen LogP contribution in [-0.4, -0.2) is 0 Å². The van der Waals surface area contributed by atoms with Gasteiger partial charge in [-0.15, -0.1) is 0 Å². The molecule has 1 aromatic rings. The van der Waals surface area contributed by atoms with Crippen LogP contribution < -0.4 is 5.73 Å². The minimum Gasteiger partial charge on any atom is -0.321 e. The lowest BCUT2D eigenvalue weighted by Gasteiger charge is -2.48. The second kappa shape index (κ2) is 4.94. The Bertz CT molecular complexity index is 435. The molecular weight excluding hydrogens is 230 g/mol. The standard InChI is InChI=1S/C18H29N/c1-13-10-14(2)12-15(11-13)18(19)9-7-6-8-16(18)17(3,4)5/h10-12,16H,6-9,19H2,1-5H3. The molecule has 1 aromatic carbocycles. The van der Waals surface area contributed by atoms with Gasteiger partial charge in [0.15, 0.2) is 0 Å². The lowest BCUT2D eigenvalue weighted by atomic mass is 9.60. The Kier molecular flexibility index (Phi) is 3.79. The highest BCUT2D eigenvalue weighted by atomic mass is 14.8. The number of rotatable bonds is 1. The van der Waals surface area contributed by atoms with E-state index in [1.54, 1.807) is 0 Å². The molecule has 1 aliphatic carbocycles. The molecule has 0 spiro atoms. The van der Waals surface area contributed by atoms with Crippen LogP contribution in [0.25, 0.3) is 0 Å². The molecule has 1 nitrogen and oxygen atoms in total. The zero-order chi connectivity index (χ0) is 14.3. The highest BCUT2D eigenvalue weighted by Gasteiger charge is 2.44. The van der Waals surface area contributed by atoms with Gasteiger partial charge < -0.3 is 5.73 Å². The summed E-state index contributed by atoms with van der Waals surface area (Å²) in [7, 11) is 0. The summed E-state index contributed by atoms with van der Waals surface area (Å²) < 4.78 is 0. The number of nitrogens with two attached hydrogens (primary N) is 1. The van der Waals surface area contributed by atoms with Crippen molar-refractivity contribution in [3.05, 3.63) is 34.9 Å². The van der Waals surface area contributed by atoms with Crippen molar-refractivity contribution in [3.8, 4) is 0 Å². The van der Waals surface area contributed by atoms with Gasteiger partial charge in [0, 0.05) is 5.54 Å². The van der Waals surface area contributed by atoms with Gasteiger partial charge in [-0.3, -0.25) is 0 Å². The zero-order valence-electron chi connectivity index (χ0n) is 13.2. The molecule has 0 heterocycles. The average molecular weight is 259 g/mol. The zero-order valence-corrected chi connectivity index (χ0v) is 13.2. The van der Waals surface area contributed by atoms with Crippen LogP contribution in [0, 0.1) is 25.2 Å². The SMILES string of the molecule is Cc1cc(C)cc(C2(N)CCCCC2C(C)(C)C)c1. The highest BCUT2D eigenvalue weighted by Crippen LogP contribution is 2.48. The number of hydrogen-bond donors (Lipinski definition) is 1. The van der Waals surface area contributed by atoms with Crippen LogP contribution in [0.1, 0.15) is 63.1 Å². The van der Waals surface area contributed by atoms with Crippen LogP contribution in [0.3, 0.4) is 0 Å². The lowest BCUT2D eigenvalue weighted by molar-refractivity contribution is 0.0777. The summed E-state index contributed by atoms with van der Waals surface area (Å²) in [4.78, 5) is 0. The van der Waals surface area contributed by atoms with Crippen LogP contribution in [-0.2, 0) is 5.54 Å². The van der Waals surface area contributed by atoms with Gasteiger partial charge in [-0.25, -0.2) is 0 Å². The van der Waals surface area contributed by atoms with E-state index < -0.39 is 0 Å². The van der Waals surface area contributed by atoms with Crippen molar-refractivity contribution in [2.45, 2.75) is 65.8 Å². The summed E-state index contributed by atoms with van der Waals surface area (Å²) in [5, 5.41) is 0. The summed E-state index contributed by atoms with van der Waals surface area (Å²) in [6, 6.07) is 6.84. The maximum Gasteiger partial charge on any atom is 0.0443 e. The summed E-state index contributed by atoms with van der Waals surface area (Å²) >= 11 is 0. The summed E-state index contributed by atoms with van der Waals surface area (Å²) in [6.45, 7) is 11.4. The molecule has 2 rings (SSSR count). The van der Waals surface area contributed by atoms with Gasteiger partial charge in [0.2, 0.25) is 0 Å². The summed E-state index contributed by atoms with van der Waals surface area (Å²) in [5.41, 5.74) is 11.1. The van der Waals surface area contributed by atoms with E-state index in [0.717, 1.165) is 6.42 Å². The van der Waals surface area contributed by atoms with Crippen molar-refractivity contribution in [2.75, 3.05) is 0 Å². The van der Waals surface area contributed by atoms with E-state index in [2.05, 4.69) is 52.8 Å². The third-order valence-electron chi connectivity index (χ3n) is 4.76. The van der Waals surface area contributed by atoms with Crippen LogP contribution in [0.5, 0.6) is 0 Å². The first-order valence-electron chi connectivity index (χ1n) is 7.61. The maximum atomic E-state index is 6.95. The van der Waals surface area contributed by atoms with Crippen molar-refractivity contribution in [1.29, 1.82) is 0 Å². The Balaban J connectivity index is 2.48. The van der Waals surface area contributed by atoms with E-state index >= 15 is 0 Å². The first-order valence-corrected chi connectivity index (χ1v) is 7.61. The lowest BCUT2D eigenvalue weighted by Crippen LogP contribution is -2.51. The Morgan fingerprint density at radius 2 is 1.63 bits per heavy atom. The fraction of sp³-hybridized carbons (Fsp3) is 0.667. The fourth-order valence-corrected chi connectivity index (χ4v) is 3.99. The molecule has 19 heavy (non-hydrogen) atoms. The molecule has 1 heteroatoms. The van der Waals surface area contributed by atoms with Gasteiger partial charge in [0.05, 0.1) is 0 Å². The van der Waals surface area contributed by atoms with Gasteiger partial charge in [0.25, 0.3) is 0 Å². The molecule has 0 amide bonds. The largest absolute Gasteiger partial charge is 0.321 e. The third kappa shape index (κ3) is 2.86. The average Bonchev–Trinajstić information content (AvgIpc) is 2.26. The minimum absolute atomic E-state index is 0.146. The molecule has 2 unspecified atom stereocenters. The third-order valence-corrected chi connectivity index (χ3v) is 4.76. The molecule has 0 saturated heterocycles. The highest BCUT2D eigenvalue weighted by molar-refractivity contribution is 5.34. The normalized spacial score (nSPS) is 28.4. The van der Waals surface area contributed by atoms with E-state index in [0.29, 0.717) is 5.92 Å². The molecular formula is C18H29N. The van der Waals surface area contributed by atoms with E-state index in [9.17, 15) is 0 Å². The first kappa shape index (κ1) is 14.6. The van der Waals surface area contributed by atoms with Crippen molar-refractivity contribution in [2.24, 2.45) is 17.1 Å². The predicted octanol–water partition coefficient (Wildman–Crippen LogP) is 4.69. The van der Waals surface area contributed by atoms with E-state index in [1.165, 1.54) is 36.0 Å². The number of hydrogen-bond acceptors (Lipinski definition) is 1. The van der Waals surface area contributed by atoms with Gasteiger partial charge in [-0.05, 0) is 43.6 Å². The minimum atomic E-state index is -0.146. The Morgan fingerprint density at radius 3 is 2.16 bits per heavy atom. The maximum absolute atomic E-state index is 6.95. The van der Waals surface area contributed by atoms with Crippen molar-refractivity contribution >= 4 is 0 Å². The molecule has 1 aliphatic rings. The van der Waals surface area contributed by atoms with Gasteiger partial charge in [-0.2, -0.15) is 0 Å². The molecule has 1 fully saturated rings. The second-order valence-electron chi connectivity index (χ2n) is 7.58. The van der Waals surface area contributed by atoms with Crippen LogP contribution in [0.15, 0.2) is 18.2 Å². The van der Waals surface area contributed by atoms with Gasteiger partial charge >= 0.3 is 0 Å². The molecule has 2 atom stereocenters.